The van der Waals surface area contributed by atoms with E-state index >= 15 is 0 Å². The van der Waals surface area contributed by atoms with E-state index in [1.807, 2.05) is 18.2 Å². The molecule has 0 amide bonds. The summed E-state index contributed by atoms with van der Waals surface area (Å²) < 4.78 is 34.6. The van der Waals surface area contributed by atoms with E-state index in [2.05, 4.69) is 0 Å². The van der Waals surface area contributed by atoms with Gasteiger partial charge in [-0.2, -0.15) is 12.7 Å². The van der Waals surface area contributed by atoms with E-state index in [4.69, 9.17) is 4.74 Å². The van der Waals surface area contributed by atoms with E-state index in [1.54, 1.807) is 15.7 Å². The van der Waals surface area contributed by atoms with E-state index in [9.17, 15) is 8.42 Å². The number of methoxy groups -OCH3 is 1. The average Bonchev–Trinajstić information content (AvgIpc) is 2.83. The van der Waals surface area contributed by atoms with Gasteiger partial charge in [0.1, 0.15) is 5.75 Å². The van der Waals surface area contributed by atoms with E-state index in [0.717, 1.165) is 55.5 Å². The first-order valence-electron chi connectivity index (χ1n) is 8.07. The lowest BCUT2D eigenvalue weighted by molar-refractivity contribution is 0.413. The molecule has 2 aliphatic rings. The summed E-state index contributed by atoms with van der Waals surface area (Å²) >= 11 is 0. The third kappa shape index (κ3) is 2.94. The second-order valence-electron chi connectivity index (χ2n) is 5.99. The number of aryl methyl sites for hydroxylation is 1. The van der Waals surface area contributed by atoms with Crippen LogP contribution in [0.2, 0.25) is 0 Å². The van der Waals surface area contributed by atoms with Crippen molar-refractivity contribution in [2.45, 2.75) is 38.5 Å². The van der Waals surface area contributed by atoms with Crippen molar-refractivity contribution >= 4 is 15.9 Å². The predicted molar refractivity (Wildman–Crippen MR) is 87.6 cm³/mol. The Hall–Kier alpha value is -1.27. The first-order chi connectivity index (χ1) is 10.6. The van der Waals surface area contributed by atoms with Crippen LogP contribution in [0.4, 0.5) is 5.69 Å². The number of benzene rings is 1. The molecule has 1 aromatic carbocycles. The quantitative estimate of drug-likeness (QED) is 0.858. The van der Waals surface area contributed by atoms with Gasteiger partial charge in [-0.05, 0) is 49.4 Å². The summed E-state index contributed by atoms with van der Waals surface area (Å²) in [4.78, 5) is 0. The molecule has 1 aromatic rings. The molecule has 1 fully saturated rings. The SMILES string of the molecule is COc1ccc2c(c1)CCCN2S(=O)(=O)N1CCCCCC1. The van der Waals surface area contributed by atoms with Gasteiger partial charge < -0.3 is 4.74 Å². The number of fused-ring (bicyclic) bond motifs is 1. The molecule has 0 N–H and O–H groups in total. The molecule has 0 saturated carbocycles. The highest BCUT2D eigenvalue weighted by Crippen LogP contribution is 2.33. The lowest BCUT2D eigenvalue weighted by atomic mass is 10.0. The van der Waals surface area contributed by atoms with Crippen molar-refractivity contribution in [1.29, 1.82) is 0 Å². The van der Waals surface area contributed by atoms with Crippen LogP contribution in [0.1, 0.15) is 37.7 Å². The van der Waals surface area contributed by atoms with Gasteiger partial charge in [-0.3, -0.25) is 4.31 Å². The van der Waals surface area contributed by atoms with Gasteiger partial charge in [0.2, 0.25) is 0 Å². The van der Waals surface area contributed by atoms with Crippen LogP contribution in [0.15, 0.2) is 18.2 Å². The maximum Gasteiger partial charge on any atom is 0.304 e. The Bertz CT molecular complexity index is 622. The highest BCUT2D eigenvalue weighted by molar-refractivity contribution is 7.90. The molecule has 0 unspecified atom stereocenters. The van der Waals surface area contributed by atoms with Gasteiger partial charge >= 0.3 is 10.2 Å². The molecule has 2 heterocycles. The van der Waals surface area contributed by atoms with Gasteiger partial charge in [-0.25, -0.2) is 0 Å². The second kappa shape index (κ2) is 6.46. The Morgan fingerprint density at radius 1 is 1.00 bits per heavy atom. The summed E-state index contributed by atoms with van der Waals surface area (Å²) in [5.41, 5.74) is 1.88. The summed E-state index contributed by atoms with van der Waals surface area (Å²) in [5, 5.41) is 0. The topological polar surface area (TPSA) is 49.9 Å². The Balaban J connectivity index is 1.92. The maximum absolute atomic E-state index is 13.0. The van der Waals surface area contributed by atoms with Crippen molar-refractivity contribution < 1.29 is 13.2 Å². The molecule has 0 radical (unpaired) electrons. The molecule has 122 valence electrons. The largest absolute Gasteiger partial charge is 0.497 e. The summed E-state index contributed by atoms with van der Waals surface area (Å²) in [6.07, 6.45) is 5.93. The monoisotopic (exact) mass is 324 g/mol. The van der Waals surface area contributed by atoms with Crippen LogP contribution in [-0.4, -0.2) is 39.5 Å². The number of anilines is 1. The summed E-state index contributed by atoms with van der Waals surface area (Å²) in [5.74, 6) is 0.785. The van der Waals surface area contributed by atoms with Crippen LogP contribution < -0.4 is 9.04 Å². The smallest absolute Gasteiger partial charge is 0.304 e. The standard InChI is InChI=1S/C16H24N2O3S/c1-21-15-8-9-16-14(13-15)7-6-12-18(16)22(19,20)17-10-4-2-3-5-11-17/h8-9,13H,2-7,10-12H2,1H3. The minimum absolute atomic E-state index is 0.568. The molecule has 5 nitrogen and oxygen atoms in total. The molecule has 3 rings (SSSR count). The minimum Gasteiger partial charge on any atom is -0.497 e. The van der Waals surface area contributed by atoms with Crippen molar-refractivity contribution in [3.8, 4) is 5.75 Å². The van der Waals surface area contributed by atoms with Gasteiger partial charge in [-0.15, -0.1) is 0 Å². The molecule has 1 saturated heterocycles. The zero-order valence-corrected chi connectivity index (χ0v) is 13.9. The van der Waals surface area contributed by atoms with E-state index in [0.29, 0.717) is 19.6 Å². The number of hydrogen-bond acceptors (Lipinski definition) is 3. The van der Waals surface area contributed by atoms with E-state index < -0.39 is 10.2 Å². The highest BCUT2D eigenvalue weighted by Gasteiger charge is 2.33. The lowest BCUT2D eigenvalue weighted by Gasteiger charge is -2.34. The average molecular weight is 324 g/mol. The lowest BCUT2D eigenvalue weighted by Crippen LogP contribution is -2.46. The molecule has 0 aromatic heterocycles. The molecule has 22 heavy (non-hydrogen) atoms. The van der Waals surface area contributed by atoms with Gasteiger partial charge in [0.25, 0.3) is 0 Å². The molecule has 0 spiro atoms. The van der Waals surface area contributed by atoms with Crippen molar-refractivity contribution in [2.75, 3.05) is 31.0 Å². The third-order valence-corrected chi connectivity index (χ3v) is 6.49. The minimum atomic E-state index is -3.42. The maximum atomic E-state index is 13.0. The van der Waals surface area contributed by atoms with Gasteiger partial charge in [0.15, 0.2) is 0 Å². The Morgan fingerprint density at radius 2 is 1.73 bits per heavy atom. The Morgan fingerprint density at radius 3 is 2.41 bits per heavy atom. The van der Waals surface area contributed by atoms with Crippen LogP contribution in [0.5, 0.6) is 5.75 Å². The van der Waals surface area contributed by atoms with Crippen LogP contribution in [0.3, 0.4) is 0 Å². The number of rotatable bonds is 3. The van der Waals surface area contributed by atoms with Crippen molar-refractivity contribution in [2.24, 2.45) is 0 Å². The third-order valence-electron chi connectivity index (χ3n) is 4.53. The van der Waals surface area contributed by atoms with Crippen LogP contribution >= 0.6 is 0 Å². The number of nitrogens with zero attached hydrogens (tertiary/aromatic N) is 2. The van der Waals surface area contributed by atoms with E-state index in [1.165, 1.54) is 0 Å². The highest BCUT2D eigenvalue weighted by atomic mass is 32.2. The fourth-order valence-electron chi connectivity index (χ4n) is 3.32. The van der Waals surface area contributed by atoms with Crippen molar-refractivity contribution in [3.05, 3.63) is 23.8 Å². The van der Waals surface area contributed by atoms with Gasteiger partial charge in [0, 0.05) is 19.6 Å². The normalized spacial score (nSPS) is 20.3. The second-order valence-corrected chi connectivity index (χ2v) is 7.84. The summed E-state index contributed by atoms with van der Waals surface area (Å²) in [6.45, 7) is 1.85. The predicted octanol–water partition coefficient (Wildman–Crippen LogP) is 2.57. The fraction of sp³-hybridized carbons (Fsp3) is 0.625. The molecule has 0 bridgehead atoms. The molecule has 6 heteroatoms. The number of ether oxygens (including phenoxy) is 1. The fourth-order valence-corrected chi connectivity index (χ4v) is 5.10. The number of hydrogen-bond donors (Lipinski definition) is 0. The van der Waals surface area contributed by atoms with Crippen molar-refractivity contribution in [1.82, 2.24) is 4.31 Å². The molecule has 0 atom stereocenters. The molecule has 0 aliphatic carbocycles. The Labute approximate surface area is 133 Å². The first kappa shape index (κ1) is 15.6. The zero-order valence-electron chi connectivity index (χ0n) is 13.1. The van der Waals surface area contributed by atoms with Crippen LogP contribution in [0.25, 0.3) is 0 Å². The van der Waals surface area contributed by atoms with Gasteiger partial charge in [0.05, 0.1) is 12.8 Å². The first-order valence-corrected chi connectivity index (χ1v) is 9.47. The van der Waals surface area contributed by atoms with E-state index in [-0.39, 0.29) is 0 Å². The zero-order chi connectivity index (χ0) is 15.6. The Kier molecular flexibility index (Phi) is 4.59. The summed E-state index contributed by atoms with van der Waals surface area (Å²) in [6, 6.07) is 5.68. The van der Waals surface area contributed by atoms with Crippen LogP contribution in [-0.2, 0) is 16.6 Å². The molecular formula is C16H24N2O3S. The van der Waals surface area contributed by atoms with Crippen molar-refractivity contribution in [3.63, 3.8) is 0 Å². The molecular weight excluding hydrogens is 300 g/mol. The van der Waals surface area contributed by atoms with Gasteiger partial charge in [-0.1, -0.05) is 12.8 Å². The van der Waals surface area contributed by atoms with Crippen LogP contribution in [0, 0.1) is 0 Å². The molecule has 2 aliphatic heterocycles. The summed E-state index contributed by atoms with van der Waals surface area (Å²) in [7, 11) is -1.78.